The molecule has 2 aromatic heterocycles. The number of benzene rings is 1. The van der Waals surface area contributed by atoms with Crippen molar-refractivity contribution in [2.75, 3.05) is 13.2 Å². The summed E-state index contributed by atoms with van der Waals surface area (Å²) in [6.07, 6.45) is 1.79. The van der Waals surface area contributed by atoms with E-state index in [0.717, 1.165) is 49.6 Å². The van der Waals surface area contributed by atoms with Crippen molar-refractivity contribution < 1.29 is 14.6 Å². The second kappa shape index (κ2) is 7.45. The molecule has 26 heavy (non-hydrogen) atoms. The number of furan rings is 1. The molecule has 3 heterocycles. The van der Waals surface area contributed by atoms with Crippen molar-refractivity contribution in [1.29, 1.82) is 0 Å². The van der Waals surface area contributed by atoms with E-state index in [1.54, 1.807) is 6.26 Å². The molecule has 0 spiro atoms. The maximum Gasteiger partial charge on any atom is 0.133 e. The van der Waals surface area contributed by atoms with Gasteiger partial charge in [-0.1, -0.05) is 24.3 Å². The van der Waals surface area contributed by atoms with Gasteiger partial charge in [0.25, 0.3) is 0 Å². The van der Waals surface area contributed by atoms with Crippen LogP contribution >= 0.6 is 0 Å². The molecule has 136 valence electrons. The first kappa shape index (κ1) is 17.0. The monoisotopic (exact) mass is 353 g/mol. The fourth-order valence-electron chi connectivity index (χ4n) is 3.42. The highest BCUT2D eigenvalue weighted by atomic mass is 16.3. The number of fused-ring (bicyclic) bond motifs is 1. The number of hydrogen-bond donors (Lipinski definition) is 2. The minimum Gasteiger partial charge on any atom is -0.464 e. The van der Waals surface area contributed by atoms with Crippen molar-refractivity contribution in [3.05, 3.63) is 65.7 Å². The molecule has 0 saturated carbocycles. The summed E-state index contributed by atoms with van der Waals surface area (Å²) in [5.41, 5.74) is 3.96. The van der Waals surface area contributed by atoms with E-state index < -0.39 is 6.10 Å². The van der Waals surface area contributed by atoms with Gasteiger partial charge in [0, 0.05) is 31.7 Å². The van der Waals surface area contributed by atoms with E-state index in [1.807, 2.05) is 22.9 Å². The molecule has 1 aliphatic rings. The van der Waals surface area contributed by atoms with Crippen LogP contribution in [0.5, 0.6) is 0 Å². The van der Waals surface area contributed by atoms with Crippen LogP contribution in [0.15, 0.2) is 53.1 Å². The molecule has 6 heteroatoms. The zero-order valence-electron chi connectivity index (χ0n) is 14.6. The molecule has 1 atom stereocenters. The Bertz CT molecular complexity index is 840. The molecule has 0 saturated heterocycles. The van der Waals surface area contributed by atoms with Gasteiger partial charge in [0.1, 0.15) is 11.9 Å². The quantitative estimate of drug-likeness (QED) is 0.737. The summed E-state index contributed by atoms with van der Waals surface area (Å²) in [5, 5.41) is 23.4. The van der Waals surface area contributed by atoms with Gasteiger partial charge in [0.15, 0.2) is 0 Å². The van der Waals surface area contributed by atoms with Crippen LogP contribution in [0.3, 0.4) is 0 Å². The van der Waals surface area contributed by atoms with Crippen LogP contribution in [0, 0.1) is 0 Å². The summed E-state index contributed by atoms with van der Waals surface area (Å²) in [6, 6.07) is 14.2. The van der Waals surface area contributed by atoms with Gasteiger partial charge in [-0.15, -0.1) is 0 Å². The Balaban J connectivity index is 1.46. The molecule has 0 amide bonds. The maximum absolute atomic E-state index is 9.81. The van der Waals surface area contributed by atoms with Gasteiger partial charge in [-0.05, 0) is 30.2 Å². The lowest BCUT2D eigenvalue weighted by atomic mass is 10.1. The van der Waals surface area contributed by atoms with Gasteiger partial charge in [0.05, 0.1) is 24.3 Å². The number of aliphatic hydroxyl groups is 2. The van der Waals surface area contributed by atoms with Crippen molar-refractivity contribution in [3.8, 4) is 11.3 Å². The predicted octanol–water partition coefficient (Wildman–Crippen LogP) is 2.57. The molecule has 4 rings (SSSR count). The Labute approximate surface area is 152 Å². The van der Waals surface area contributed by atoms with E-state index in [9.17, 15) is 5.11 Å². The van der Waals surface area contributed by atoms with Crippen LogP contribution < -0.4 is 0 Å². The van der Waals surface area contributed by atoms with Crippen molar-refractivity contribution in [2.24, 2.45) is 0 Å². The molecule has 1 aromatic carbocycles. The zero-order chi connectivity index (χ0) is 17.9. The average molecular weight is 353 g/mol. The minimum absolute atomic E-state index is 0.303. The highest BCUT2D eigenvalue weighted by Gasteiger charge is 2.19. The van der Waals surface area contributed by atoms with Crippen molar-refractivity contribution in [2.45, 2.75) is 32.2 Å². The molecule has 0 fully saturated rings. The first-order chi connectivity index (χ1) is 12.7. The number of hydrogen-bond acceptors (Lipinski definition) is 5. The molecule has 0 bridgehead atoms. The number of aliphatic hydroxyl groups excluding tert-OH is 2. The van der Waals surface area contributed by atoms with E-state index in [2.05, 4.69) is 34.3 Å². The van der Waals surface area contributed by atoms with Crippen LogP contribution in [0.4, 0.5) is 0 Å². The third kappa shape index (κ3) is 3.58. The SMILES string of the molecule is OC[C@H](O)c1cc2n(n1)CCCN(Cc1ccc(-c3ccco3)cc1)C2. The fourth-order valence-corrected chi connectivity index (χ4v) is 3.42. The van der Waals surface area contributed by atoms with Gasteiger partial charge in [-0.3, -0.25) is 9.58 Å². The Morgan fingerprint density at radius 1 is 1.15 bits per heavy atom. The topological polar surface area (TPSA) is 74.7 Å². The van der Waals surface area contributed by atoms with E-state index in [-0.39, 0.29) is 6.61 Å². The third-order valence-corrected chi connectivity index (χ3v) is 4.79. The minimum atomic E-state index is -0.906. The van der Waals surface area contributed by atoms with Crippen molar-refractivity contribution >= 4 is 0 Å². The summed E-state index contributed by atoms with van der Waals surface area (Å²) in [7, 11) is 0. The third-order valence-electron chi connectivity index (χ3n) is 4.79. The van der Waals surface area contributed by atoms with Crippen molar-refractivity contribution in [3.63, 3.8) is 0 Å². The lowest BCUT2D eigenvalue weighted by Gasteiger charge is -2.19. The van der Waals surface area contributed by atoms with Crippen LogP contribution in [0.1, 0.15) is 29.5 Å². The average Bonchev–Trinajstić information content (AvgIpc) is 3.29. The molecule has 3 aromatic rings. The Hall–Kier alpha value is -2.41. The smallest absolute Gasteiger partial charge is 0.133 e. The summed E-state index contributed by atoms with van der Waals surface area (Å²) in [4.78, 5) is 2.39. The first-order valence-electron chi connectivity index (χ1n) is 8.93. The number of rotatable bonds is 5. The van der Waals surface area contributed by atoms with Crippen LogP contribution in [0.25, 0.3) is 11.3 Å². The zero-order valence-corrected chi connectivity index (χ0v) is 14.6. The van der Waals surface area contributed by atoms with Crippen LogP contribution in [-0.4, -0.2) is 38.0 Å². The van der Waals surface area contributed by atoms with E-state index in [4.69, 9.17) is 9.52 Å². The Kier molecular flexibility index (Phi) is 4.88. The van der Waals surface area contributed by atoms with Gasteiger partial charge in [-0.2, -0.15) is 5.10 Å². The van der Waals surface area contributed by atoms with Crippen LogP contribution in [0.2, 0.25) is 0 Å². The van der Waals surface area contributed by atoms with E-state index in [0.29, 0.717) is 5.69 Å². The fraction of sp³-hybridized carbons (Fsp3) is 0.350. The summed E-state index contributed by atoms with van der Waals surface area (Å²) < 4.78 is 7.39. The standard InChI is InChI=1S/C20H23N3O3/c24-14-19(25)18-11-17-13-22(8-2-9-23(17)21-18)12-15-4-6-16(7-5-15)20-3-1-10-26-20/h1,3-7,10-11,19,24-25H,2,8-9,12-14H2/t19-/m0/s1. The molecule has 0 radical (unpaired) electrons. The molecular weight excluding hydrogens is 330 g/mol. The molecule has 2 N–H and O–H groups in total. The Morgan fingerprint density at radius 3 is 2.73 bits per heavy atom. The highest BCUT2D eigenvalue weighted by Crippen LogP contribution is 2.22. The summed E-state index contributed by atoms with van der Waals surface area (Å²) >= 11 is 0. The van der Waals surface area contributed by atoms with Crippen molar-refractivity contribution in [1.82, 2.24) is 14.7 Å². The molecule has 0 aliphatic carbocycles. The number of nitrogens with zero attached hydrogens (tertiary/aromatic N) is 3. The second-order valence-electron chi connectivity index (χ2n) is 6.72. The number of aromatic nitrogens is 2. The normalized spacial score (nSPS) is 16.2. The molecular formula is C20H23N3O3. The summed E-state index contributed by atoms with van der Waals surface area (Å²) in [6.45, 7) is 3.18. The highest BCUT2D eigenvalue weighted by molar-refractivity contribution is 5.57. The summed E-state index contributed by atoms with van der Waals surface area (Å²) in [5.74, 6) is 0.880. The molecule has 0 unspecified atom stereocenters. The second-order valence-corrected chi connectivity index (χ2v) is 6.72. The van der Waals surface area contributed by atoms with Gasteiger partial charge >= 0.3 is 0 Å². The maximum atomic E-state index is 9.81. The first-order valence-corrected chi connectivity index (χ1v) is 8.93. The van der Waals surface area contributed by atoms with Crippen LogP contribution in [-0.2, 0) is 19.6 Å². The lowest BCUT2D eigenvalue weighted by molar-refractivity contribution is 0.0916. The van der Waals surface area contributed by atoms with Gasteiger partial charge in [0.2, 0.25) is 0 Å². The largest absolute Gasteiger partial charge is 0.464 e. The Morgan fingerprint density at radius 2 is 2.00 bits per heavy atom. The van der Waals surface area contributed by atoms with Gasteiger partial charge < -0.3 is 14.6 Å². The predicted molar refractivity (Wildman–Crippen MR) is 97.1 cm³/mol. The van der Waals surface area contributed by atoms with E-state index >= 15 is 0 Å². The lowest BCUT2D eigenvalue weighted by Crippen LogP contribution is -2.22. The molecule has 1 aliphatic heterocycles. The number of aryl methyl sites for hydroxylation is 1. The molecule has 6 nitrogen and oxygen atoms in total. The van der Waals surface area contributed by atoms with Gasteiger partial charge in [-0.25, -0.2) is 0 Å². The van der Waals surface area contributed by atoms with E-state index in [1.165, 1.54) is 5.56 Å².